The van der Waals surface area contributed by atoms with Crippen LogP contribution in [0.2, 0.25) is 0 Å². The predicted octanol–water partition coefficient (Wildman–Crippen LogP) is 1.17. The molecule has 0 unspecified atom stereocenters. The topological polar surface area (TPSA) is 70.1 Å². The molecular weight excluding hydrogens is 272 g/mol. The second kappa shape index (κ2) is 8.26. The van der Waals surface area contributed by atoms with E-state index in [0.29, 0.717) is 31.0 Å². The largest absolute Gasteiger partial charge is 0.494 e. The van der Waals surface area contributed by atoms with Gasteiger partial charge in [-0.1, -0.05) is 0 Å². The van der Waals surface area contributed by atoms with Gasteiger partial charge in [0.1, 0.15) is 12.3 Å². The van der Waals surface area contributed by atoms with Crippen LogP contribution in [0.5, 0.6) is 5.75 Å². The standard InChI is InChI=1S/C15H22N2O4/c1-4-21-13-7-5-12(6-8-13)15(20)17(11-14(18)19)10-9-16(2)3/h5-8H,4,9-11H2,1-3H3,(H,18,19). The third kappa shape index (κ3) is 5.83. The summed E-state index contributed by atoms with van der Waals surface area (Å²) in [6.07, 6.45) is 0. The van der Waals surface area contributed by atoms with E-state index in [1.54, 1.807) is 24.3 Å². The summed E-state index contributed by atoms with van der Waals surface area (Å²) < 4.78 is 5.32. The molecule has 0 aromatic heterocycles. The Morgan fingerprint density at radius 1 is 1.14 bits per heavy atom. The van der Waals surface area contributed by atoms with Crippen LogP contribution in [0.25, 0.3) is 0 Å². The van der Waals surface area contributed by atoms with Crippen molar-refractivity contribution in [3.05, 3.63) is 29.8 Å². The Morgan fingerprint density at radius 3 is 2.24 bits per heavy atom. The molecule has 6 nitrogen and oxygen atoms in total. The number of amides is 1. The number of carboxylic acid groups (broad SMARTS) is 1. The molecule has 1 aromatic rings. The van der Waals surface area contributed by atoms with Gasteiger partial charge < -0.3 is 19.6 Å². The van der Waals surface area contributed by atoms with Crippen molar-refractivity contribution in [2.24, 2.45) is 0 Å². The van der Waals surface area contributed by atoms with Crippen LogP contribution in [-0.4, -0.2) is 67.1 Å². The van der Waals surface area contributed by atoms with Crippen LogP contribution in [0.1, 0.15) is 17.3 Å². The van der Waals surface area contributed by atoms with Gasteiger partial charge in [-0.15, -0.1) is 0 Å². The average molecular weight is 294 g/mol. The number of hydrogen-bond acceptors (Lipinski definition) is 4. The second-order valence-electron chi connectivity index (χ2n) is 4.88. The van der Waals surface area contributed by atoms with Crippen molar-refractivity contribution in [2.45, 2.75) is 6.92 Å². The van der Waals surface area contributed by atoms with Gasteiger partial charge in [0.2, 0.25) is 0 Å². The van der Waals surface area contributed by atoms with Gasteiger partial charge in [0.15, 0.2) is 0 Å². The van der Waals surface area contributed by atoms with Gasteiger partial charge in [-0.2, -0.15) is 0 Å². The van der Waals surface area contributed by atoms with Gasteiger partial charge >= 0.3 is 5.97 Å². The smallest absolute Gasteiger partial charge is 0.323 e. The summed E-state index contributed by atoms with van der Waals surface area (Å²) in [6, 6.07) is 6.72. The maximum absolute atomic E-state index is 12.4. The second-order valence-corrected chi connectivity index (χ2v) is 4.88. The lowest BCUT2D eigenvalue weighted by atomic mass is 10.2. The van der Waals surface area contributed by atoms with Crippen LogP contribution in [0.15, 0.2) is 24.3 Å². The lowest BCUT2D eigenvalue weighted by Gasteiger charge is -2.22. The van der Waals surface area contributed by atoms with Gasteiger partial charge in [0, 0.05) is 18.7 Å². The molecule has 0 radical (unpaired) electrons. The fourth-order valence-corrected chi connectivity index (χ4v) is 1.78. The van der Waals surface area contributed by atoms with Gasteiger partial charge in [0.05, 0.1) is 6.61 Å². The molecule has 0 aliphatic carbocycles. The quantitative estimate of drug-likeness (QED) is 0.779. The molecule has 0 fully saturated rings. The lowest BCUT2D eigenvalue weighted by Crippen LogP contribution is -2.40. The molecule has 0 aliphatic rings. The van der Waals surface area contributed by atoms with Crippen molar-refractivity contribution in [1.29, 1.82) is 0 Å². The Bertz CT molecular complexity index is 471. The summed E-state index contributed by atoms with van der Waals surface area (Å²) in [5.74, 6) is -0.623. The van der Waals surface area contributed by atoms with Gasteiger partial charge in [0.25, 0.3) is 5.91 Å². The Labute approximate surface area is 124 Å². The predicted molar refractivity (Wildman–Crippen MR) is 79.7 cm³/mol. The molecule has 1 aromatic carbocycles. The molecule has 0 saturated heterocycles. The molecular formula is C15H22N2O4. The molecule has 0 heterocycles. The SMILES string of the molecule is CCOc1ccc(C(=O)N(CCN(C)C)CC(=O)O)cc1. The number of carbonyl (C=O) groups is 2. The van der Waals surface area contributed by atoms with Crippen molar-refractivity contribution < 1.29 is 19.4 Å². The number of aliphatic carboxylic acids is 1. The zero-order valence-electron chi connectivity index (χ0n) is 12.7. The van der Waals surface area contributed by atoms with Crippen LogP contribution in [-0.2, 0) is 4.79 Å². The number of ether oxygens (including phenoxy) is 1. The highest BCUT2D eigenvalue weighted by Crippen LogP contribution is 2.13. The number of rotatable bonds is 8. The highest BCUT2D eigenvalue weighted by atomic mass is 16.5. The summed E-state index contributed by atoms with van der Waals surface area (Å²) in [5.41, 5.74) is 0.457. The fraction of sp³-hybridized carbons (Fsp3) is 0.467. The summed E-state index contributed by atoms with van der Waals surface area (Å²) >= 11 is 0. The zero-order valence-corrected chi connectivity index (χ0v) is 12.7. The van der Waals surface area contributed by atoms with Crippen LogP contribution in [0, 0.1) is 0 Å². The van der Waals surface area contributed by atoms with Gasteiger partial charge in [-0.05, 0) is 45.3 Å². The van der Waals surface area contributed by atoms with Crippen molar-refractivity contribution >= 4 is 11.9 Å². The van der Waals surface area contributed by atoms with Gasteiger partial charge in [-0.3, -0.25) is 9.59 Å². The molecule has 1 rings (SSSR count). The number of benzene rings is 1. The van der Waals surface area contributed by atoms with Crippen LogP contribution in [0.3, 0.4) is 0 Å². The molecule has 1 amide bonds. The first-order chi connectivity index (χ1) is 9.93. The monoisotopic (exact) mass is 294 g/mol. The number of nitrogens with zero attached hydrogens (tertiary/aromatic N) is 2. The van der Waals surface area contributed by atoms with Crippen molar-refractivity contribution in [1.82, 2.24) is 9.80 Å². The minimum atomic E-state index is -1.02. The molecule has 0 saturated carbocycles. The third-order valence-electron chi connectivity index (χ3n) is 2.84. The summed E-state index contributed by atoms with van der Waals surface area (Å²) in [5, 5.41) is 8.93. The van der Waals surface area contributed by atoms with Crippen molar-refractivity contribution in [3.8, 4) is 5.75 Å². The van der Waals surface area contributed by atoms with E-state index in [0.717, 1.165) is 0 Å². The summed E-state index contributed by atoms with van der Waals surface area (Å²) in [6.45, 7) is 3.11. The van der Waals surface area contributed by atoms with Crippen LogP contribution < -0.4 is 4.74 Å². The Morgan fingerprint density at radius 2 is 1.76 bits per heavy atom. The third-order valence-corrected chi connectivity index (χ3v) is 2.84. The molecule has 0 bridgehead atoms. The van der Waals surface area contributed by atoms with E-state index >= 15 is 0 Å². The minimum Gasteiger partial charge on any atom is -0.494 e. The van der Waals surface area contributed by atoms with E-state index in [4.69, 9.17) is 9.84 Å². The fourth-order valence-electron chi connectivity index (χ4n) is 1.78. The summed E-state index contributed by atoms with van der Waals surface area (Å²) in [4.78, 5) is 26.5. The summed E-state index contributed by atoms with van der Waals surface area (Å²) in [7, 11) is 3.75. The number of carboxylic acids is 1. The average Bonchev–Trinajstić information content (AvgIpc) is 2.43. The van der Waals surface area contributed by atoms with Crippen LogP contribution in [0.4, 0.5) is 0 Å². The molecule has 116 valence electrons. The lowest BCUT2D eigenvalue weighted by molar-refractivity contribution is -0.137. The van der Waals surface area contributed by atoms with E-state index in [2.05, 4.69) is 0 Å². The molecule has 21 heavy (non-hydrogen) atoms. The number of hydrogen-bond donors (Lipinski definition) is 1. The Kier molecular flexibility index (Phi) is 6.68. The first kappa shape index (κ1) is 17.0. The Hall–Kier alpha value is -2.08. The van der Waals surface area contributed by atoms with Crippen molar-refractivity contribution in [3.63, 3.8) is 0 Å². The zero-order chi connectivity index (χ0) is 15.8. The van der Waals surface area contributed by atoms with E-state index in [1.807, 2.05) is 25.9 Å². The van der Waals surface area contributed by atoms with E-state index < -0.39 is 5.97 Å². The highest BCUT2D eigenvalue weighted by Gasteiger charge is 2.18. The van der Waals surface area contributed by atoms with Crippen molar-refractivity contribution in [2.75, 3.05) is 40.3 Å². The molecule has 0 aliphatic heterocycles. The van der Waals surface area contributed by atoms with E-state index in [1.165, 1.54) is 4.90 Å². The van der Waals surface area contributed by atoms with Gasteiger partial charge in [-0.25, -0.2) is 0 Å². The minimum absolute atomic E-state index is 0.290. The van der Waals surface area contributed by atoms with E-state index in [-0.39, 0.29) is 12.5 Å². The Balaban J connectivity index is 2.80. The molecule has 1 N–H and O–H groups in total. The molecule has 6 heteroatoms. The first-order valence-corrected chi connectivity index (χ1v) is 6.82. The van der Waals surface area contributed by atoms with Crippen LogP contribution >= 0.6 is 0 Å². The number of carbonyl (C=O) groups excluding carboxylic acids is 1. The first-order valence-electron chi connectivity index (χ1n) is 6.82. The maximum atomic E-state index is 12.4. The highest BCUT2D eigenvalue weighted by molar-refractivity contribution is 5.95. The normalized spacial score (nSPS) is 10.5. The maximum Gasteiger partial charge on any atom is 0.323 e. The number of likely N-dealkylation sites (N-methyl/N-ethyl adjacent to an activating group) is 1. The molecule has 0 atom stereocenters. The van der Waals surface area contributed by atoms with E-state index in [9.17, 15) is 9.59 Å². The molecule has 0 spiro atoms.